The van der Waals surface area contributed by atoms with Crippen molar-refractivity contribution in [2.45, 2.75) is 26.2 Å². The number of carbonyl (C=O) groups excluding carboxylic acids is 1. The molecule has 1 saturated heterocycles. The van der Waals surface area contributed by atoms with E-state index < -0.39 is 0 Å². The van der Waals surface area contributed by atoms with Gasteiger partial charge in [-0.25, -0.2) is 0 Å². The third-order valence-corrected chi connectivity index (χ3v) is 4.24. The van der Waals surface area contributed by atoms with Gasteiger partial charge in [-0.3, -0.25) is 4.79 Å². The molecule has 0 spiro atoms. The molecule has 1 amide bonds. The zero-order valence-corrected chi connectivity index (χ0v) is 11.9. The van der Waals surface area contributed by atoms with E-state index in [0.29, 0.717) is 30.5 Å². The SMILES string of the molecule is CCOc1c(N)nsc1N1CCC(CC(N)=O)CC1. The third kappa shape index (κ3) is 3.28. The molecule has 106 valence electrons. The molecule has 0 radical (unpaired) electrons. The predicted octanol–water partition coefficient (Wildman–Crippen LogP) is 1.22. The second-order valence-electron chi connectivity index (χ2n) is 4.74. The molecule has 1 aliphatic rings. The quantitative estimate of drug-likeness (QED) is 0.847. The Hall–Kier alpha value is -1.50. The van der Waals surface area contributed by atoms with E-state index in [4.69, 9.17) is 16.2 Å². The second kappa shape index (κ2) is 6.10. The van der Waals surface area contributed by atoms with Crippen LogP contribution in [-0.4, -0.2) is 30.0 Å². The largest absolute Gasteiger partial charge is 0.487 e. The maximum absolute atomic E-state index is 10.9. The molecule has 0 saturated carbocycles. The molecule has 4 N–H and O–H groups in total. The Morgan fingerprint density at radius 1 is 1.53 bits per heavy atom. The molecule has 2 heterocycles. The fourth-order valence-corrected chi connectivity index (χ4v) is 3.20. The monoisotopic (exact) mass is 284 g/mol. The Balaban J connectivity index is 1.99. The summed E-state index contributed by atoms with van der Waals surface area (Å²) in [5.41, 5.74) is 11.1. The van der Waals surface area contributed by atoms with Gasteiger partial charge >= 0.3 is 0 Å². The Kier molecular flexibility index (Phi) is 4.47. The van der Waals surface area contributed by atoms with Gasteiger partial charge in [0, 0.05) is 19.5 Å². The van der Waals surface area contributed by atoms with Gasteiger partial charge in [-0.15, -0.1) is 0 Å². The lowest BCUT2D eigenvalue weighted by atomic mass is 9.93. The summed E-state index contributed by atoms with van der Waals surface area (Å²) in [6.07, 6.45) is 2.41. The lowest BCUT2D eigenvalue weighted by molar-refractivity contribution is -0.119. The molecule has 19 heavy (non-hydrogen) atoms. The van der Waals surface area contributed by atoms with Gasteiger partial charge in [-0.05, 0) is 37.2 Å². The average Bonchev–Trinajstić information content (AvgIpc) is 2.72. The topological polar surface area (TPSA) is 94.5 Å². The van der Waals surface area contributed by atoms with Crippen LogP contribution in [0.15, 0.2) is 0 Å². The molecule has 0 atom stereocenters. The number of rotatable bonds is 5. The van der Waals surface area contributed by atoms with E-state index in [0.717, 1.165) is 30.9 Å². The lowest BCUT2D eigenvalue weighted by Crippen LogP contribution is -2.34. The summed E-state index contributed by atoms with van der Waals surface area (Å²) in [7, 11) is 0. The lowest BCUT2D eigenvalue weighted by Gasteiger charge is -2.32. The maximum atomic E-state index is 10.9. The first kappa shape index (κ1) is 13.9. The number of nitrogen functional groups attached to an aromatic ring is 1. The first-order chi connectivity index (χ1) is 9.11. The van der Waals surface area contributed by atoms with Crippen molar-refractivity contribution in [3.05, 3.63) is 0 Å². The fraction of sp³-hybridized carbons (Fsp3) is 0.667. The van der Waals surface area contributed by atoms with Crippen LogP contribution >= 0.6 is 11.5 Å². The summed E-state index contributed by atoms with van der Waals surface area (Å²) in [5.74, 6) is 1.34. The normalized spacial score (nSPS) is 16.6. The second-order valence-corrected chi connectivity index (χ2v) is 5.49. The zero-order chi connectivity index (χ0) is 13.8. The van der Waals surface area contributed by atoms with Gasteiger partial charge < -0.3 is 21.1 Å². The highest BCUT2D eigenvalue weighted by molar-refractivity contribution is 7.11. The summed E-state index contributed by atoms with van der Waals surface area (Å²) in [5, 5.41) is 0.997. The molecule has 2 rings (SSSR count). The van der Waals surface area contributed by atoms with Gasteiger partial charge in [-0.1, -0.05) is 0 Å². The van der Waals surface area contributed by atoms with E-state index in [2.05, 4.69) is 9.27 Å². The van der Waals surface area contributed by atoms with Crippen molar-refractivity contribution in [1.29, 1.82) is 0 Å². The van der Waals surface area contributed by atoms with Crippen molar-refractivity contribution in [3.63, 3.8) is 0 Å². The van der Waals surface area contributed by atoms with Crippen molar-refractivity contribution in [2.24, 2.45) is 11.7 Å². The minimum atomic E-state index is -0.213. The van der Waals surface area contributed by atoms with Crippen molar-refractivity contribution in [3.8, 4) is 5.75 Å². The minimum absolute atomic E-state index is 0.213. The van der Waals surface area contributed by atoms with Crippen LogP contribution in [0.4, 0.5) is 10.8 Å². The molecule has 1 aromatic heterocycles. The number of nitrogens with two attached hydrogens (primary N) is 2. The Morgan fingerprint density at radius 2 is 2.21 bits per heavy atom. The van der Waals surface area contributed by atoms with Crippen LogP contribution in [-0.2, 0) is 4.79 Å². The van der Waals surface area contributed by atoms with Crippen molar-refractivity contribution < 1.29 is 9.53 Å². The molecular weight excluding hydrogens is 264 g/mol. The number of hydrogen-bond donors (Lipinski definition) is 2. The summed E-state index contributed by atoms with van der Waals surface area (Å²) < 4.78 is 9.72. The van der Waals surface area contributed by atoms with Crippen molar-refractivity contribution in [1.82, 2.24) is 4.37 Å². The average molecular weight is 284 g/mol. The highest BCUT2D eigenvalue weighted by atomic mass is 32.1. The summed E-state index contributed by atoms with van der Waals surface area (Å²) in [6.45, 7) is 4.28. The van der Waals surface area contributed by atoms with E-state index in [9.17, 15) is 4.79 Å². The predicted molar refractivity (Wildman–Crippen MR) is 76.4 cm³/mol. The number of primary amides is 1. The molecule has 1 aliphatic heterocycles. The van der Waals surface area contributed by atoms with Gasteiger partial charge in [0.2, 0.25) is 5.91 Å². The number of amides is 1. The molecule has 6 nitrogen and oxygen atoms in total. The van der Waals surface area contributed by atoms with Gasteiger partial charge in [0.25, 0.3) is 0 Å². The van der Waals surface area contributed by atoms with Crippen LogP contribution in [0.1, 0.15) is 26.2 Å². The highest BCUT2D eigenvalue weighted by Gasteiger charge is 2.25. The van der Waals surface area contributed by atoms with Crippen LogP contribution in [0.2, 0.25) is 0 Å². The van der Waals surface area contributed by atoms with Crippen molar-refractivity contribution >= 4 is 28.3 Å². The smallest absolute Gasteiger partial charge is 0.217 e. The van der Waals surface area contributed by atoms with Gasteiger partial charge in [-0.2, -0.15) is 4.37 Å². The number of ether oxygens (including phenoxy) is 1. The standard InChI is InChI=1S/C12H20N4O2S/c1-2-18-10-11(14)15-19-12(10)16-5-3-8(4-6-16)7-9(13)17/h8H,2-7H2,1H3,(H2,13,17)(H2,14,15). The van der Waals surface area contributed by atoms with Crippen LogP contribution in [0.3, 0.4) is 0 Å². The van der Waals surface area contributed by atoms with E-state index >= 15 is 0 Å². The van der Waals surface area contributed by atoms with Gasteiger partial charge in [0.1, 0.15) is 0 Å². The summed E-state index contributed by atoms with van der Waals surface area (Å²) >= 11 is 1.37. The molecule has 0 aliphatic carbocycles. The number of hydrogen-bond acceptors (Lipinski definition) is 6. The van der Waals surface area contributed by atoms with E-state index in [-0.39, 0.29) is 5.91 Å². The van der Waals surface area contributed by atoms with E-state index in [1.54, 1.807) is 0 Å². The Bertz CT molecular complexity index is 441. The molecule has 7 heteroatoms. The molecule has 0 unspecified atom stereocenters. The number of anilines is 2. The zero-order valence-electron chi connectivity index (χ0n) is 11.1. The maximum Gasteiger partial charge on any atom is 0.217 e. The minimum Gasteiger partial charge on any atom is -0.487 e. The first-order valence-corrected chi connectivity index (χ1v) is 7.30. The molecule has 1 fully saturated rings. The van der Waals surface area contributed by atoms with Gasteiger partial charge in [0.15, 0.2) is 16.6 Å². The fourth-order valence-electron chi connectivity index (χ4n) is 2.39. The van der Waals surface area contributed by atoms with E-state index in [1.165, 1.54) is 11.5 Å². The number of carbonyl (C=O) groups is 1. The Labute approximate surface area is 116 Å². The number of nitrogens with zero attached hydrogens (tertiary/aromatic N) is 2. The third-order valence-electron chi connectivity index (χ3n) is 3.34. The van der Waals surface area contributed by atoms with Crippen LogP contribution in [0.5, 0.6) is 5.75 Å². The summed E-state index contributed by atoms with van der Waals surface area (Å²) in [4.78, 5) is 13.2. The first-order valence-electron chi connectivity index (χ1n) is 6.53. The molecule has 1 aromatic rings. The molecule has 0 aromatic carbocycles. The molecular formula is C12H20N4O2S. The van der Waals surface area contributed by atoms with E-state index in [1.807, 2.05) is 6.92 Å². The molecule has 0 bridgehead atoms. The Morgan fingerprint density at radius 3 is 2.79 bits per heavy atom. The number of piperidine rings is 1. The number of aromatic nitrogens is 1. The summed E-state index contributed by atoms with van der Waals surface area (Å²) in [6, 6.07) is 0. The highest BCUT2D eigenvalue weighted by Crippen LogP contribution is 2.40. The van der Waals surface area contributed by atoms with Crippen LogP contribution < -0.4 is 21.1 Å². The van der Waals surface area contributed by atoms with Crippen LogP contribution in [0, 0.1) is 5.92 Å². The van der Waals surface area contributed by atoms with Gasteiger partial charge in [0.05, 0.1) is 6.61 Å². The van der Waals surface area contributed by atoms with Crippen LogP contribution in [0.25, 0.3) is 0 Å². The van der Waals surface area contributed by atoms with Crippen molar-refractivity contribution in [2.75, 3.05) is 30.3 Å².